The smallest absolute Gasteiger partial charge is 0.0543 e. The summed E-state index contributed by atoms with van der Waals surface area (Å²) >= 11 is 0. The van der Waals surface area contributed by atoms with Crippen molar-refractivity contribution in [1.29, 1.82) is 0 Å². The van der Waals surface area contributed by atoms with Crippen LogP contribution in [0.3, 0.4) is 0 Å². The van der Waals surface area contributed by atoms with E-state index in [2.05, 4.69) is 243 Å². The molecule has 288 valence electrons. The van der Waals surface area contributed by atoms with Gasteiger partial charge in [0.05, 0.1) is 5.69 Å². The van der Waals surface area contributed by atoms with Crippen molar-refractivity contribution in [2.24, 2.45) is 0 Å². The van der Waals surface area contributed by atoms with Gasteiger partial charge in [0, 0.05) is 22.4 Å². The maximum atomic E-state index is 2.54. The van der Waals surface area contributed by atoms with Gasteiger partial charge in [-0.05, 0) is 122 Å². The Bertz CT molecular complexity index is 2840. The number of anilines is 3. The van der Waals surface area contributed by atoms with Crippen LogP contribution in [0, 0.1) is 0 Å². The van der Waals surface area contributed by atoms with Crippen molar-refractivity contribution in [2.75, 3.05) is 4.90 Å². The number of nitrogens with zero attached hydrogens (tertiary/aromatic N) is 1. The maximum absolute atomic E-state index is 2.54. The molecule has 60 heavy (non-hydrogen) atoms. The molecule has 0 spiro atoms. The zero-order valence-electron chi connectivity index (χ0n) is 34.2. The fourth-order valence-corrected chi connectivity index (χ4v) is 9.84. The Morgan fingerprint density at radius 2 is 0.733 bits per heavy atom. The third kappa shape index (κ3) is 6.35. The Balaban J connectivity index is 1.20. The van der Waals surface area contributed by atoms with Crippen LogP contribution in [-0.2, 0) is 5.41 Å². The molecule has 0 radical (unpaired) electrons. The lowest BCUT2D eigenvalue weighted by atomic mass is 9.73. The average molecular weight is 770 g/mol. The van der Waals surface area contributed by atoms with Crippen LogP contribution in [0.15, 0.2) is 224 Å². The van der Waals surface area contributed by atoms with E-state index in [1.165, 1.54) is 83.6 Å². The minimum Gasteiger partial charge on any atom is -0.310 e. The lowest BCUT2D eigenvalue weighted by molar-refractivity contribution is 0.490. The van der Waals surface area contributed by atoms with Crippen LogP contribution in [0.25, 0.3) is 66.8 Å². The molecule has 0 fully saturated rings. The summed E-state index contributed by atoms with van der Waals surface area (Å²) < 4.78 is 0. The molecule has 1 heteroatoms. The summed E-state index contributed by atoms with van der Waals surface area (Å²) in [5.74, 6) is 0. The van der Waals surface area contributed by atoms with E-state index < -0.39 is 0 Å². The molecule has 0 unspecified atom stereocenters. The summed E-state index contributed by atoms with van der Waals surface area (Å²) in [6.45, 7) is 4.74. The summed E-state index contributed by atoms with van der Waals surface area (Å²) in [7, 11) is 0. The normalized spacial score (nSPS) is 12.4. The molecular formula is C59H47N. The van der Waals surface area contributed by atoms with Gasteiger partial charge in [-0.3, -0.25) is 0 Å². The second-order valence-electron chi connectivity index (χ2n) is 15.8. The second kappa shape index (κ2) is 15.9. The molecular weight excluding hydrogens is 723 g/mol. The van der Waals surface area contributed by atoms with Gasteiger partial charge in [0.15, 0.2) is 0 Å². The summed E-state index contributed by atoms with van der Waals surface area (Å²) in [6, 6.07) is 82.3. The number of benzene rings is 9. The largest absolute Gasteiger partial charge is 0.310 e. The van der Waals surface area contributed by atoms with E-state index >= 15 is 0 Å². The summed E-state index contributed by atoms with van der Waals surface area (Å²) in [5, 5.41) is 0. The molecule has 0 amide bonds. The van der Waals surface area contributed by atoms with Crippen LogP contribution in [0.2, 0.25) is 0 Å². The molecule has 0 saturated heterocycles. The fraction of sp³-hybridized carbons (Fsp3) is 0.0847. The van der Waals surface area contributed by atoms with Crippen molar-refractivity contribution in [3.05, 3.63) is 236 Å². The molecule has 0 atom stereocenters. The summed E-state index contributed by atoms with van der Waals surface area (Å²) in [6.07, 6.45) is 2.02. The minimum atomic E-state index is -0.124. The molecule has 0 aliphatic heterocycles. The Hall–Kier alpha value is -7.22. The van der Waals surface area contributed by atoms with Gasteiger partial charge in [-0.2, -0.15) is 0 Å². The monoisotopic (exact) mass is 769 g/mol. The fourth-order valence-electron chi connectivity index (χ4n) is 9.84. The van der Waals surface area contributed by atoms with Gasteiger partial charge in [-0.25, -0.2) is 0 Å². The quantitative estimate of drug-likeness (QED) is 0.134. The van der Waals surface area contributed by atoms with Crippen molar-refractivity contribution in [3.8, 4) is 66.8 Å². The molecule has 1 nitrogen and oxygen atoms in total. The average Bonchev–Trinajstić information content (AvgIpc) is 3.61. The highest BCUT2D eigenvalue weighted by Crippen LogP contribution is 2.58. The zero-order chi connectivity index (χ0) is 40.5. The highest BCUT2D eigenvalue weighted by atomic mass is 15.1. The molecule has 0 aromatic heterocycles. The molecule has 0 N–H and O–H groups in total. The van der Waals surface area contributed by atoms with Gasteiger partial charge in [0.25, 0.3) is 0 Å². The van der Waals surface area contributed by atoms with Gasteiger partial charge in [-0.1, -0.05) is 202 Å². The summed E-state index contributed by atoms with van der Waals surface area (Å²) in [4.78, 5) is 2.48. The van der Waals surface area contributed by atoms with Crippen molar-refractivity contribution in [3.63, 3.8) is 0 Å². The Kier molecular flexibility index (Phi) is 9.79. The van der Waals surface area contributed by atoms with Gasteiger partial charge >= 0.3 is 0 Å². The van der Waals surface area contributed by atoms with Gasteiger partial charge in [-0.15, -0.1) is 0 Å². The van der Waals surface area contributed by atoms with E-state index in [4.69, 9.17) is 0 Å². The highest BCUT2D eigenvalue weighted by Gasteiger charge is 2.42. The van der Waals surface area contributed by atoms with E-state index in [0.29, 0.717) is 0 Å². The molecule has 1 aliphatic carbocycles. The van der Waals surface area contributed by atoms with Crippen LogP contribution >= 0.6 is 0 Å². The van der Waals surface area contributed by atoms with Gasteiger partial charge in [0.2, 0.25) is 0 Å². The SMILES string of the molecule is CCC1(CC)c2cc(N(c3ccccc3)c3ccc(-c4c(-c5ccccc5)cccc4-c4ccccc4)cc3)c(-c3ccccc3)cc2-c2c(-c3ccccc3)cccc21. The maximum Gasteiger partial charge on any atom is 0.0543 e. The minimum absolute atomic E-state index is 0.124. The first-order valence-electron chi connectivity index (χ1n) is 21.3. The van der Waals surface area contributed by atoms with Gasteiger partial charge in [0.1, 0.15) is 0 Å². The van der Waals surface area contributed by atoms with Crippen LogP contribution in [-0.4, -0.2) is 0 Å². The van der Waals surface area contributed by atoms with Gasteiger partial charge < -0.3 is 4.90 Å². The van der Waals surface area contributed by atoms with Crippen molar-refractivity contribution in [1.82, 2.24) is 0 Å². The highest BCUT2D eigenvalue weighted by molar-refractivity contribution is 6.00. The standard InChI is InChI=1S/C59H47N/c1-3-59(4-2)54-35-21-34-51(44-26-14-7-15-27-44)58(54)53-40-52(45-28-16-8-17-29-45)56(41-55(53)59)60(47-30-18-9-19-31-47)48-38-36-46(37-39-48)57-49(42-22-10-5-11-23-42)32-20-33-50(57)43-24-12-6-13-25-43/h5-41H,3-4H2,1-2H3. The molecule has 9 aromatic carbocycles. The second-order valence-corrected chi connectivity index (χ2v) is 15.8. The van der Waals surface area contributed by atoms with E-state index in [-0.39, 0.29) is 5.41 Å². The Morgan fingerprint density at radius 1 is 0.317 bits per heavy atom. The predicted octanol–water partition coefficient (Wildman–Crippen LogP) is 16.6. The lowest BCUT2D eigenvalue weighted by Crippen LogP contribution is -2.23. The van der Waals surface area contributed by atoms with E-state index in [1.807, 2.05) is 0 Å². The first-order chi connectivity index (χ1) is 29.7. The van der Waals surface area contributed by atoms with Crippen LogP contribution in [0.4, 0.5) is 17.1 Å². The molecule has 9 aromatic rings. The van der Waals surface area contributed by atoms with Crippen molar-refractivity contribution >= 4 is 17.1 Å². The molecule has 0 heterocycles. The van der Waals surface area contributed by atoms with E-state index in [9.17, 15) is 0 Å². The van der Waals surface area contributed by atoms with E-state index in [0.717, 1.165) is 24.2 Å². The summed E-state index contributed by atoms with van der Waals surface area (Å²) in [5.41, 5.74) is 21.1. The Morgan fingerprint density at radius 3 is 1.22 bits per heavy atom. The number of rotatable bonds is 10. The van der Waals surface area contributed by atoms with Crippen LogP contribution < -0.4 is 4.90 Å². The topological polar surface area (TPSA) is 3.24 Å². The number of hydrogen-bond donors (Lipinski definition) is 0. The third-order valence-corrected chi connectivity index (χ3v) is 12.8. The van der Waals surface area contributed by atoms with Crippen LogP contribution in [0.5, 0.6) is 0 Å². The molecule has 10 rings (SSSR count). The number of hydrogen-bond acceptors (Lipinski definition) is 1. The first kappa shape index (κ1) is 37.1. The Labute approximate surface area is 354 Å². The van der Waals surface area contributed by atoms with Crippen molar-refractivity contribution in [2.45, 2.75) is 32.1 Å². The molecule has 0 saturated carbocycles. The number of fused-ring (bicyclic) bond motifs is 3. The van der Waals surface area contributed by atoms with Crippen molar-refractivity contribution < 1.29 is 0 Å². The predicted molar refractivity (Wildman–Crippen MR) is 255 cm³/mol. The van der Waals surface area contributed by atoms with E-state index in [1.54, 1.807) is 0 Å². The van der Waals surface area contributed by atoms with Crippen LogP contribution in [0.1, 0.15) is 37.8 Å². The zero-order valence-corrected chi connectivity index (χ0v) is 34.2. The molecule has 1 aliphatic rings. The first-order valence-corrected chi connectivity index (χ1v) is 21.3. The number of para-hydroxylation sites is 1. The lowest BCUT2D eigenvalue weighted by Gasteiger charge is -2.33. The molecule has 0 bridgehead atoms. The third-order valence-electron chi connectivity index (χ3n) is 12.8.